The van der Waals surface area contributed by atoms with Crippen LogP contribution in [-0.2, 0) is 9.59 Å². The Hall–Kier alpha value is -4.40. The quantitative estimate of drug-likeness (QED) is 0.161. The lowest BCUT2D eigenvalue weighted by Gasteiger charge is -2.21. The lowest BCUT2D eigenvalue weighted by Crippen LogP contribution is -2.50. The number of aliphatic hydroxyl groups is 1. The van der Waals surface area contributed by atoms with Crippen LogP contribution in [0.1, 0.15) is 48.5 Å². The molecule has 3 amide bonds. The van der Waals surface area contributed by atoms with E-state index in [0.29, 0.717) is 17.0 Å². The third-order valence-corrected chi connectivity index (χ3v) is 6.01. The maximum absolute atomic E-state index is 13.1. The van der Waals surface area contributed by atoms with Crippen molar-refractivity contribution in [2.75, 3.05) is 24.4 Å². The SMILES string of the molecule is BC(B)(B)NC(=O)c1nnc(NC(=O)C2CC2)cc1Nc1cccc(-c2nc([C@H](CO)NC(=O)CC)no2)c1OC. The molecule has 0 bridgehead atoms. The summed E-state index contributed by atoms with van der Waals surface area (Å²) in [6.07, 6.45) is 1.87. The van der Waals surface area contributed by atoms with Gasteiger partial charge in [0.15, 0.2) is 23.1 Å². The molecule has 0 aliphatic heterocycles. The zero-order valence-corrected chi connectivity index (χ0v) is 23.6. The van der Waals surface area contributed by atoms with Crippen LogP contribution in [0.5, 0.6) is 5.75 Å². The van der Waals surface area contributed by atoms with E-state index < -0.39 is 23.8 Å². The van der Waals surface area contributed by atoms with Crippen molar-refractivity contribution in [3.63, 3.8) is 0 Å². The van der Waals surface area contributed by atoms with Crippen LogP contribution in [0.4, 0.5) is 17.2 Å². The molecule has 2 heterocycles. The average molecular weight is 560 g/mol. The van der Waals surface area contributed by atoms with Crippen molar-refractivity contribution in [2.24, 2.45) is 5.92 Å². The van der Waals surface area contributed by atoms with Crippen LogP contribution in [0, 0.1) is 5.92 Å². The minimum absolute atomic E-state index is 0.00864. The molecule has 2 aromatic heterocycles. The normalized spacial score (nSPS) is 13.6. The van der Waals surface area contributed by atoms with Crippen molar-refractivity contribution in [1.29, 1.82) is 0 Å². The molecule has 1 saturated carbocycles. The summed E-state index contributed by atoms with van der Waals surface area (Å²) in [5.74, 6) is -0.256. The number of aliphatic hydroxyl groups excluding tert-OH is 1. The van der Waals surface area contributed by atoms with Crippen LogP contribution < -0.4 is 26.0 Å². The summed E-state index contributed by atoms with van der Waals surface area (Å²) < 4.78 is 11.1. The van der Waals surface area contributed by atoms with Crippen molar-refractivity contribution < 1.29 is 28.8 Å². The zero-order chi connectivity index (χ0) is 29.7. The topological polar surface area (TPSA) is 193 Å². The molecule has 1 aliphatic rings. The van der Waals surface area contributed by atoms with Gasteiger partial charge in [-0.15, -0.1) is 10.2 Å². The first kappa shape index (κ1) is 29.6. The second kappa shape index (κ2) is 12.4. The van der Waals surface area contributed by atoms with Crippen molar-refractivity contribution in [2.45, 2.75) is 37.5 Å². The molecule has 1 atom stereocenters. The van der Waals surface area contributed by atoms with Crippen molar-refractivity contribution >= 4 is 58.5 Å². The lowest BCUT2D eigenvalue weighted by molar-refractivity contribution is -0.122. The number of hydrogen-bond acceptors (Lipinski definition) is 11. The Kier molecular flexibility index (Phi) is 8.96. The van der Waals surface area contributed by atoms with E-state index in [0.717, 1.165) is 12.8 Å². The van der Waals surface area contributed by atoms with Gasteiger partial charge in [-0.2, -0.15) is 4.98 Å². The van der Waals surface area contributed by atoms with Gasteiger partial charge in [0.25, 0.3) is 11.8 Å². The Labute approximate surface area is 239 Å². The molecule has 17 heteroatoms. The van der Waals surface area contributed by atoms with Gasteiger partial charge in [0.05, 0.1) is 30.7 Å². The Bertz CT molecular complexity index is 1440. The van der Waals surface area contributed by atoms with E-state index in [-0.39, 0.29) is 53.1 Å². The van der Waals surface area contributed by atoms with Gasteiger partial charge in [-0.3, -0.25) is 14.4 Å². The van der Waals surface area contributed by atoms with Gasteiger partial charge >= 0.3 is 0 Å². The Morgan fingerprint density at radius 2 is 1.95 bits per heavy atom. The minimum Gasteiger partial charge on any atom is -0.494 e. The van der Waals surface area contributed by atoms with Crippen molar-refractivity contribution in [3.05, 3.63) is 35.8 Å². The highest BCUT2D eigenvalue weighted by Gasteiger charge is 2.30. The number of rotatable bonds is 12. The van der Waals surface area contributed by atoms with Gasteiger partial charge < -0.3 is 35.6 Å². The van der Waals surface area contributed by atoms with Crippen LogP contribution >= 0.6 is 0 Å². The standard InChI is InChI=1S/C24H31B3N8O6/c1-3-17(37)29-15(10-36)20-31-23(41-35-20)12-5-4-6-13(19(12)40-2)28-14-9-16(30-21(38)11-7-8-11)33-34-18(14)22(39)32-24(25,26)27/h4-6,9,11,15,36H,3,7-8,10,25-27H2,1-2H3,(H,29,37)(H,32,39)(H2,28,30,33,38)/t15-/m0/s1. The van der Waals surface area contributed by atoms with E-state index in [9.17, 15) is 19.5 Å². The van der Waals surface area contributed by atoms with Gasteiger partial charge in [0, 0.05) is 18.4 Å². The number of amides is 3. The summed E-state index contributed by atoms with van der Waals surface area (Å²) in [4.78, 5) is 41.6. The predicted octanol–water partition coefficient (Wildman–Crippen LogP) is -1.57. The van der Waals surface area contributed by atoms with E-state index in [1.54, 1.807) is 25.1 Å². The van der Waals surface area contributed by atoms with Gasteiger partial charge in [-0.05, 0) is 30.2 Å². The smallest absolute Gasteiger partial charge is 0.272 e. The highest BCUT2D eigenvalue weighted by molar-refractivity contribution is 6.60. The number of ether oxygens (including phenoxy) is 1. The first-order valence-corrected chi connectivity index (χ1v) is 13.2. The molecule has 5 N–H and O–H groups in total. The summed E-state index contributed by atoms with van der Waals surface area (Å²) in [7, 11) is 6.99. The number of benzene rings is 1. The molecule has 0 spiro atoms. The number of methoxy groups -OCH3 is 1. The van der Waals surface area contributed by atoms with E-state index in [1.165, 1.54) is 13.2 Å². The Morgan fingerprint density at radius 3 is 2.59 bits per heavy atom. The number of anilines is 3. The highest BCUT2D eigenvalue weighted by Crippen LogP contribution is 2.38. The molecule has 0 radical (unpaired) electrons. The molecular weight excluding hydrogens is 529 g/mol. The summed E-state index contributed by atoms with van der Waals surface area (Å²) in [5, 5.41) is 32.7. The maximum Gasteiger partial charge on any atom is 0.272 e. The van der Waals surface area contributed by atoms with Crippen molar-refractivity contribution in [3.8, 4) is 17.2 Å². The largest absolute Gasteiger partial charge is 0.494 e. The van der Waals surface area contributed by atoms with Crippen LogP contribution in [0.15, 0.2) is 28.8 Å². The molecular formula is C24H31B3N8O6. The van der Waals surface area contributed by atoms with Crippen LogP contribution in [0.3, 0.4) is 0 Å². The van der Waals surface area contributed by atoms with E-state index in [4.69, 9.17) is 9.26 Å². The van der Waals surface area contributed by atoms with Gasteiger partial charge in [-0.1, -0.05) is 18.1 Å². The number of carbonyl (C=O) groups excluding carboxylic acids is 3. The van der Waals surface area contributed by atoms with Crippen LogP contribution in [0.25, 0.3) is 11.5 Å². The van der Waals surface area contributed by atoms with Gasteiger partial charge in [0.1, 0.15) is 29.6 Å². The monoisotopic (exact) mass is 560 g/mol. The van der Waals surface area contributed by atoms with Gasteiger partial charge in [0.2, 0.25) is 11.8 Å². The molecule has 1 aromatic carbocycles. The number of carbonyl (C=O) groups is 3. The molecule has 3 aromatic rings. The third kappa shape index (κ3) is 7.42. The molecule has 0 unspecified atom stereocenters. The summed E-state index contributed by atoms with van der Waals surface area (Å²) >= 11 is 0. The summed E-state index contributed by atoms with van der Waals surface area (Å²) in [5.41, 5.74) is 1.13. The minimum atomic E-state index is -0.844. The summed E-state index contributed by atoms with van der Waals surface area (Å²) in [6, 6.07) is 5.81. The fourth-order valence-electron chi connectivity index (χ4n) is 3.83. The summed E-state index contributed by atoms with van der Waals surface area (Å²) in [6.45, 7) is 1.27. The number of para-hydroxylation sites is 1. The third-order valence-electron chi connectivity index (χ3n) is 6.01. The van der Waals surface area contributed by atoms with E-state index in [1.807, 2.05) is 23.5 Å². The molecule has 0 saturated heterocycles. The van der Waals surface area contributed by atoms with E-state index in [2.05, 4.69) is 41.6 Å². The number of nitrogens with zero attached hydrogens (tertiary/aromatic N) is 4. The Morgan fingerprint density at radius 1 is 1.20 bits per heavy atom. The molecule has 1 fully saturated rings. The first-order chi connectivity index (χ1) is 19.5. The second-order valence-corrected chi connectivity index (χ2v) is 10.6. The maximum atomic E-state index is 13.1. The number of aromatic nitrogens is 4. The highest BCUT2D eigenvalue weighted by atomic mass is 16.5. The molecule has 4 rings (SSSR count). The van der Waals surface area contributed by atoms with Crippen molar-refractivity contribution in [1.82, 2.24) is 31.0 Å². The molecule has 212 valence electrons. The first-order valence-electron chi connectivity index (χ1n) is 13.2. The fraction of sp³-hybridized carbons (Fsp3) is 0.375. The van der Waals surface area contributed by atoms with E-state index >= 15 is 0 Å². The van der Waals surface area contributed by atoms with Crippen LogP contribution in [-0.4, -0.2) is 85.7 Å². The molecule has 1 aliphatic carbocycles. The number of nitrogens with one attached hydrogen (secondary N) is 4. The molecule has 14 nitrogen and oxygen atoms in total. The average Bonchev–Trinajstić information content (AvgIpc) is 3.67. The van der Waals surface area contributed by atoms with Crippen LogP contribution in [0.2, 0.25) is 0 Å². The number of hydrogen-bond donors (Lipinski definition) is 5. The lowest BCUT2D eigenvalue weighted by atomic mass is 9.49. The zero-order valence-electron chi connectivity index (χ0n) is 23.6. The fourth-order valence-corrected chi connectivity index (χ4v) is 3.83. The molecule has 41 heavy (non-hydrogen) atoms. The second-order valence-electron chi connectivity index (χ2n) is 10.6. The van der Waals surface area contributed by atoms with Gasteiger partial charge in [-0.25, -0.2) is 0 Å². The predicted molar refractivity (Wildman–Crippen MR) is 157 cm³/mol. The Balaban J connectivity index is 1.68.